The monoisotopic (exact) mass is 403 g/mol. The van der Waals surface area contributed by atoms with Crippen molar-refractivity contribution in [3.8, 4) is 0 Å². The van der Waals surface area contributed by atoms with Crippen LogP contribution in [-0.4, -0.2) is 28.7 Å². The van der Waals surface area contributed by atoms with Gasteiger partial charge in [-0.25, -0.2) is 9.10 Å². The minimum atomic E-state index is -0.339. The summed E-state index contributed by atoms with van der Waals surface area (Å²) in [5, 5.41) is 0. The van der Waals surface area contributed by atoms with Gasteiger partial charge in [-0.1, -0.05) is 38.2 Å². The Balaban J connectivity index is 1.60. The fourth-order valence-electron chi connectivity index (χ4n) is 2.94. The SMILES string of the molecule is C=CCCCCCCCCCOC(=O)c1ccc(SN2C(=O)CCC2=O)cc1. The van der Waals surface area contributed by atoms with Gasteiger partial charge in [-0.15, -0.1) is 6.58 Å². The first kappa shape index (κ1) is 22.2. The zero-order valence-electron chi connectivity index (χ0n) is 16.4. The summed E-state index contributed by atoms with van der Waals surface area (Å²) in [5.41, 5.74) is 0.477. The lowest BCUT2D eigenvalue weighted by molar-refractivity contribution is -0.131. The molecule has 28 heavy (non-hydrogen) atoms. The van der Waals surface area contributed by atoms with Crippen molar-refractivity contribution in [3.63, 3.8) is 0 Å². The highest BCUT2D eigenvalue weighted by atomic mass is 32.2. The third-order valence-corrected chi connectivity index (χ3v) is 5.65. The molecule has 0 spiro atoms. The minimum Gasteiger partial charge on any atom is -0.462 e. The number of hydrogen-bond acceptors (Lipinski definition) is 5. The summed E-state index contributed by atoms with van der Waals surface area (Å²) in [4.78, 5) is 36.1. The molecule has 1 aliphatic rings. The van der Waals surface area contributed by atoms with Crippen molar-refractivity contribution in [1.82, 2.24) is 4.31 Å². The summed E-state index contributed by atoms with van der Waals surface area (Å²) in [6.07, 6.45) is 11.7. The van der Waals surface area contributed by atoms with Crippen molar-refractivity contribution in [2.45, 2.75) is 69.1 Å². The van der Waals surface area contributed by atoms with E-state index in [-0.39, 0.29) is 30.6 Å². The molecule has 2 rings (SSSR count). The van der Waals surface area contributed by atoms with Crippen molar-refractivity contribution in [2.75, 3.05) is 6.61 Å². The lowest BCUT2D eigenvalue weighted by Crippen LogP contribution is -2.20. The molecular formula is C22H29NO4S. The first-order valence-electron chi connectivity index (χ1n) is 10.0. The Labute approximate surface area is 171 Å². The molecule has 5 nitrogen and oxygen atoms in total. The van der Waals surface area contributed by atoms with E-state index < -0.39 is 0 Å². The van der Waals surface area contributed by atoms with Crippen LogP contribution in [0.4, 0.5) is 0 Å². The number of benzene rings is 1. The minimum absolute atomic E-state index is 0.171. The lowest BCUT2D eigenvalue weighted by Gasteiger charge is -2.12. The van der Waals surface area contributed by atoms with Crippen molar-refractivity contribution in [1.29, 1.82) is 0 Å². The predicted molar refractivity (Wildman–Crippen MR) is 111 cm³/mol. The van der Waals surface area contributed by atoms with E-state index >= 15 is 0 Å². The molecule has 0 bridgehead atoms. The number of carbonyl (C=O) groups is 3. The Morgan fingerprint density at radius 1 is 0.964 bits per heavy atom. The maximum Gasteiger partial charge on any atom is 0.338 e. The van der Waals surface area contributed by atoms with Gasteiger partial charge in [-0.05, 0) is 55.5 Å². The Morgan fingerprint density at radius 2 is 1.54 bits per heavy atom. The van der Waals surface area contributed by atoms with Crippen LogP contribution >= 0.6 is 11.9 Å². The third kappa shape index (κ3) is 7.50. The summed E-state index contributed by atoms with van der Waals surface area (Å²) < 4.78 is 6.51. The van der Waals surface area contributed by atoms with E-state index in [1.807, 2.05) is 6.08 Å². The van der Waals surface area contributed by atoms with Gasteiger partial charge in [0.05, 0.1) is 12.2 Å². The molecule has 0 atom stereocenters. The zero-order chi connectivity index (χ0) is 20.2. The molecule has 1 saturated heterocycles. The van der Waals surface area contributed by atoms with E-state index in [0.29, 0.717) is 12.2 Å². The molecule has 2 amide bonds. The van der Waals surface area contributed by atoms with Crippen molar-refractivity contribution >= 4 is 29.7 Å². The van der Waals surface area contributed by atoms with E-state index in [2.05, 4.69) is 6.58 Å². The molecule has 152 valence electrons. The number of imide groups is 1. The van der Waals surface area contributed by atoms with Gasteiger partial charge >= 0.3 is 5.97 Å². The van der Waals surface area contributed by atoms with E-state index in [0.717, 1.165) is 36.1 Å². The first-order chi connectivity index (χ1) is 13.6. The van der Waals surface area contributed by atoms with Gasteiger partial charge in [-0.2, -0.15) is 0 Å². The molecule has 0 aliphatic carbocycles. The normalized spacial score (nSPS) is 13.8. The van der Waals surface area contributed by atoms with Crippen LogP contribution < -0.4 is 0 Å². The van der Waals surface area contributed by atoms with E-state index in [1.165, 1.54) is 36.4 Å². The Bertz CT molecular complexity index is 656. The highest BCUT2D eigenvalue weighted by Crippen LogP contribution is 2.28. The van der Waals surface area contributed by atoms with Crippen LogP contribution in [0, 0.1) is 0 Å². The van der Waals surface area contributed by atoms with Gasteiger partial charge in [0.25, 0.3) is 0 Å². The number of hydrogen-bond donors (Lipinski definition) is 0. The molecule has 0 N–H and O–H groups in total. The molecule has 6 heteroatoms. The quantitative estimate of drug-likeness (QED) is 0.147. The number of rotatable bonds is 13. The summed E-state index contributed by atoms with van der Waals surface area (Å²) in [7, 11) is 0. The van der Waals surface area contributed by atoms with Crippen molar-refractivity contribution < 1.29 is 19.1 Å². The summed E-state index contributed by atoms with van der Waals surface area (Å²) in [6, 6.07) is 6.79. The second kappa shape index (κ2) is 12.4. The topological polar surface area (TPSA) is 63.7 Å². The Kier molecular flexibility index (Phi) is 9.83. The molecule has 1 aliphatic heterocycles. The molecule has 0 unspecified atom stereocenters. The van der Waals surface area contributed by atoms with Crippen LogP contribution in [0.5, 0.6) is 0 Å². The number of ether oxygens (including phenoxy) is 1. The maximum absolute atomic E-state index is 12.1. The fourth-order valence-corrected chi connectivity index (χ4v) is 3.79. The number of nitrogens with zero attached hydrogens (tertiary/aromatic N) is 1. The first-order valence-corrected chi connectivity index (χ1v) is 10.8. The number of carbonyl (C=O) groups excluding carboxylic acids is 3. The number of amides is 2. The average Bonchev–Trinajstić information content (AvgIpc) is 3.02. The van der Waals surface area contributed by atoms with Crippen LogP contribution in [0.15, 0.2) is 41.8 Å². The summed E-state index contributed by atoms with van der Waals surface area (Å²) in [6.45, 7) is 4.16. The number of esters is 1. The van der Waals surface area contributed by atoms with Crippen molar-refractivity contribution in [3.05, 3.63) is 42.5 Å². The Morgan fingerprint density at radius 3 is 2.14 bits per heavy atom. The van der Waals surface area contributed by atoms with Gasteiger partial charge in [0.15, 0.2) is 0 Å². The van der Waals surface area contributed by atoms with Crippen molar-refractivity contribution in [2.24, 2.45) is 0 Å². The average molecular weight is 404 g/mol. The third-order valence-electron chi connectivity index (χ3n) is 4.58. The summed E-state index contributed by atoms with van der Waals surface area (Å²) >= 11 is 1.10. The van der Waals surface area contributed by atoms with E-state index in [9.17, 15) is 14.4 Å². The number of allylic oxidation sites excluding steroid dienone is 1. The molecule has 0 saturated carbocycles. The molecule has 1 heterocycles. The molecule has 0 aromatic heterocycles. The second-order valence-electron chi connectivity index (χ2n) is 6.89. The standard InChI is InChI=1S/C22H29NO4S/c1-2-3-4-5-6-7-8-9-10-17-27-22(26)18-11-13-19(14-12-18)28-23-20(24)15-16-21(23)25/h2,11-14H,1,3-10,15-17H2. The zero-order valence-corrected chi connectivity index (χ0v) is 17.2. The smallest absolute Gasteiger partial charge is 0.338 e. The lowest BCUT2D eigenvalue weighted by atomic mass is 10.1. The van der Waals surface area contributed by atoms with Crippen LogP contribution in [0.25, 0.3) is 0 Å². The van der Waals surface area contributed by atoms with Gasteiger partial charge in [0, 0.05) is 17.7 Å². The van der Waals surface area contributed by atoms with Crippen LogP contribution in [0.1, 0.15) is 74.6 Å². The van der Waals surface area contributed by atoms with E-state index in [1.54, 1.807) is 24.3 Å². The van der Waals surface area contributed by atoms with E-state index in [4.69, 9.17) is 4.74 Å². The molecule has 1 aromatic carbocycles. The van der Waals surface area contributed by atoms with Gasteiger partial charge in [-0.3, -0.25) is 9.59 Å². The highest BCUT2D eigenvalue weighted by molar-refractivity contribution is 7.98. The molecular weight excluding hydrogens is 374 g/mol. The second-order valence-corrected chi connectivity index (χ2v) is 7.90. The summed E-state index contributed by atoms with van der Waals surface area (Å²) in [5.74, 6) is -0.681. The number of unbranched alkanes of at least 4 members (excludes halogenated alkanes) is 7. The van der Waals surface area contributed by atoms with Crippen LogP contribution in [0.3, 0.4) is 0 Å². The largest absolute Gasteiger partial charge is 0.462 e. The Hall–Kier alpha value is -2.08. The maximum atomic E-state index is 12.1. The molecule has 1 fully saturated rings. The van der Waals surface area contributed by atoms with Gasteiger partial charge in [0.1, 0.15) is 0 Å². The molecule has 1 aromatic rings. The highest BCUT2D eigenvalue weighted by Gasteiger charge is 2.30. The van der Waals surface area contributed by atoms with Gasteiger partial charge < -0.3 is 4.74 Å². The van der Waals surface area contributed by atoms with Crippen LogP contribution in [-0.2, 0) is 14.3 Å². The predicted octanol–water partition coefficient (Wildman–Crippen LogP) is 5.31. The van der Waals surface area contributed by atoms with Gasteiger partial charge in [0.2, 0.25) is 11.8 Å². The molecule has 0 radical (unpaired) electrons. The van der Waals surface area contributed by atoms with Crippen LogP contribution in [0.2, 0.25) is 0 Å². The fraction of sp³-hybridized carbons (Fsp3) is 0.500.